The molecule has 0 aromatic carbocycles. The summed E-state index contributed by atoms with van der Waals surface area (Å²) in [5, 5.41) is 3.90. The predicted octanol–water partition coefficient (Wildman–Crippen LogP) is 2.73. The zero-order chi connectivity index (χ0) is 11.1. The first-order chi connectivity index (χ1) is 7.31. The van der Waals surface area contributed by atoms with Gasteiger partial charge in [-0.15, -0.1) is 11.6 Å². The molecule has 1 aromatic rings. The maximum absolute atomic E-state index is 5.58. The van der Waals surface area contributed by atoms with Crippen LogP contribution in [-0.4, -0.2) is 23.1 Å². The number of aryl methyl sites for hydroxylation is 1. The van der Waals surface area contributed by atoms with Crippen LogP contribution in [0.4, 0.5) is 0 Å². The van der Waals surface area contributed by atoms with Crippen LogP contribution < -0.4 is 0 Å². The molecule has 0 N–H and O–H groups in total. The van der Waals surface area contributed by atoms with Crippen molar-refractivity contribution in [3.05, 3.63) is 11.7 Å². The molecule has 4 nitrogen and oxygen atoms in total. The van der Waals surface area contributed by atoms with Gasteiger partial charge in [-0.1, -0.05) is 18.5 Å². The maximum Gasteiger partial charge on any atom is 0.226 e. The summed E-state index contributed by atoms with van der Waals surface area (Å²) < 4.78 is 10.4. The van der Waals surface area contributed by atoms with E-state index in [4.69, 9.17) is 20.9 Å². The first-order valence-electron chi connectivity index (χ1n) is 5.23. The van der Waals surface area contributed by atoms with Crippen LogP contribution in [0.15, 0.2) is 4.52 Å². The van der Waals surface area contributed by atoms with Crippen molar-refractivity contribution >= 4 is 11.6 Å². The van der Waals surface area contributed by atoms with Crippen LogP contribution in [0.2, 0.25) is 0 Å². The largest absolute Gasteiger partial charge is 0.373 e. The molecule has 1 atom stereocenters. The van der Waals surface area contributed by atoms with Gasteiger partial charge in [0.2, 0.25) is 11.7 Å². The van der Waals surface area contributed by atoms with Gasteiger partial charge in [0.15, 0.2) is 0 Å². The van der Waals surface area contributed by atoms with Gasteiger partial charge in [0, 0.05) is 19.4 Å². The highest BCUT2D eigenvalue weighted by atomic mass is 35.5. The SMILES string of the molecule is CCCC(OC)c1noc(CCCCl)n1. The Labute approximate surface area is 95.0 Å². The van der Waals surface area contributed by atoms with E-state index in [0.29, 0.717) is 17.6 Å². The average Bonchev–Trinajstić information content (AvgIpc) is 2.71. The predicted molar refractivity (Wildman–Crippen MR) is 58.0 cm³/mol. The molecule has 86 valence electrons. The van der Waals surface area contributed by atoms with Crippen LogP contribution in [0, 0.1) is 0 Å². The van der Waals surface area contributed by atoms with Crippen molar-refractivity contribution in [2.24, 2.45) is 0 Å². The Balaban J connectivity index is 2.56. The van der Waals surface area contributed by atoms with Crippen molar-refractivity contribution in [1.29, 1.82) is 0 Å². The number of alkyl halides is 1. The monoisotopic (exact) mass is 232 g/mol. The van der Waals surface area contributed by atoms with E-state index in [1.807, 2.05) is 0 Å². The Morgan fingerprint density at radius 2 is 2.33 bits per heavy atom. The smallest absolute Gasteiger partial charge is 0.226 e. The van der Waals surface area contributed by atoms with Gasteiger partial charge in [-0.2, -0.15) is 4.98 Å². The van der Waals surface area contributed by atoms with Crippen molar-refractivity contribution in [3.63, 3.8) is 0 Å². The lowest BCUT2D eigenvalue weighted by atomic mass is 10.2. The van der Waals surface area contributed by atoms with Crippen molar-refractivity contribution in [2.75, 3.05) is 13.0 Å². The van der Waals surface area contributed by atoms with Gasteiger partial charge in [0.05, 0.1) is 0 Å². The number of hydrogen-bond donors (Lipinski definition) is 0. The Bertz CT molecular complexity index is 278. The molecule has 0 aliphatic heterocycles. The van der Waals surface area contributed by atoms with E-state index in [9.17, 15) is 0 Å². The number of hydrogen-bond acceptors (Lipinski definition) is 4. The fourth-order valence-electron chi connectivity index (χ4n) is 1.33. The summed E-state index contributed by atoms with van der Waals surface area (Å²) in [7, 11) is 1.66. The first-order valence-corrected chi connectivity index (χ1v) is 5.76. The number of halogens is 1. The molecule has 0 radical (unpaired) electrons. The van der Waals surface area contributed by atoms with Gasteiger partial charge in [-0.3, -0.25) is 0 Å². The Hall–Kier alpha value is -0.610. The second-order valence-corrected chi connectivity index (χ2v) is 3.73. The molecular formula is C10H17ClN2O2. The fraction of sp³-hybridized carbons (Fsp3) is 0.800. The molecule has 1 aromatic heterocycles. The van der Waals surface area contributed by atoms with Crippen LogP contribution in [0.25, 0.3) is 0 Å². The lowest BCUT2D eigenvalue weighted by Gasteiger charge is -2.08. The molecule has 0 saturated carbocycles. The first kappa shape index (κ1) is 12.5. The molecular weight excluding hydrogens is 216 g/mol. The quantitative estimate of drug-likeness (QED) is 0.679. The Morgan fingerprint density at radius 3 is 2.93 bits per heavy atom. The molecule has 0 aliphatic carbocycles. The third-order valence-electron chi connectivity index (χ3n) is 2.13. The second-order valence-electron chi connectivity index (χ2n) is 3.35. The van der Waals surface area contributed by atoms with Crippen molar-refractivity contribution in [3.8, 4) is 0 Å². The van der Waals surface area contributed by atoms with Crippen LogP contribution in [-0.2, 0) is 11.2 Å². The average molecular weight is 233 g/mol. The minimum atomic E-state index is -0.0523. The number of ether oxygens (including phenoxy) is 1. The zero-order valence-electron chi connectivity index (χ0n) is 9.20. The Kier molecular flexibility index (Phi) is 5.65. The summed E-state index contributed by atoms with van der Waals surface area (Å²) in [5.74, 6) is 1.90. The fourth-order valence-corrected chi connectivity index (χ4v) is 1.47. The van der Waals surface area contributed by atoms with Crippen LogP contribution in [0.3, 0.4) is 0 Å². The van der Waals surface area contributed by atoms with Gasteiger partial charge >= 0.3 is 0 Å². The summed E-state index contributed by atoms with van der Waals surface area (Å²) >= 11 is 5.58. The van der Waals surface area contributed by atoms with E-state index in [2.05, 4.69) is 17.1 Å². The summed E-state index contributed by atoms with van der Waals surface area (Å²) in [5.41, 5.74) is 0. The lowest BCUT2D eigenvalue weighted by molar-refractivity contribution is 0.0854. The van der Waals surface area contributed by atoms with Gasteiger partial charge < -0.3 is 9.26 Å². The van der Waals surface area contributed by atoms with Crippen molar-refractivity contribution in [2.45, 2.75) is 38.7 Å². The molecule has 0 saturated heterocycles. The van der Waals surface area contributed by atoms with E-state index in [-0.39, 0.29) is 6.10 Å². The number of rotatable bonds is 7. The van der Waals surface area contributed by atoms with E-state index < -0.39 is 0 Å². The van der Waals surface area contributed by atoms with E-state index >= 15 is 0 Å². The topological polar surface area (TPSA) is 48.2 Å². The normalized spacial score (nSPS) is 13.0. The highest BCUT2D eigenvalue weighted by Crippen LogP contribution is 2.19. The Morgan fingerprint density at radius 1 is 1.53 bits per heavy atom. The molecule has 0 bridgehead atoms. The molecule has 1 rings (SSSR count). The molecule has 1 heterocycles. The van der Waals surface area contributed by atoms with Crippen molar-refractivity contribution < 1.29 is 9.26 Å². The summed E-state index contributed by atoms with van der Waals surface area (Å²) in [6.45, 7) is 2.10. The number of nitrogens with zero attached hydrogens (tertiary/aromatic N) is 2. The molecule has 0 amide bonds. The highest BCUT2D eigenvalue weighted by molar-refractivity contribution is 6.17. The number of aromatic nitrogens is 2. The summed E-state index contributed by atoms with van der Waals surface area (Å²) in [6, 6.07) is 0. The summed E-state index contributed by atoms with van der Waals surface area (Å²) in [4.78, 5) is 4.28. The van der Waals surface area contributed by atoms with E-state index in [1.54, 1.807) is 7.11 Å². The van der Waals surface area contributed by atoms with Crippen LogP contribution in [0.5, 0.6) is 0 Å². The molecule has 5 heteroatoms. The van der Waals surface area contributed by atoms with E-state index in [1.165, 1.54) is 0 Å². The minimum Gasteiger partial charge on any atom is -0.373 e. The summed E-state index contributed by atoms with van der Waals surface area (Å²) in [6.07, 6.45) is 3.48. The second kappa shape index (κ2) is 6.80. The molecule has 1 unspecified atom stereocenters. The van der Waals surface area contributed by atoms with Gasteiger partial charge in [0.1, 0.15) is 6.10 Å². The lowest BCUT2D eigenvalue weighted by Crippen LogP contribution is -2.03. The van der Waals surface area contributed by atoms with Crippen LogP contribution in [0.1, 0.15) is 44.0 Å². The highest BCUT2D eigenvalue weighted by Gasteiger charge is 2.16. The third-order valence-corrected chi connectivity index (χ3v) is 2.40. The number of methoxy groups -OCH3 is 1. The molecule has 0 spiro atoms. The van der Waals surface area contributed by atoms with Gasteiger partial charge in [-0.05, 0) is 12.8 Å². The third kappa shape index (κ3) is 3.80. The molecule has 0 aliphatic rings. The molecule has 0 fully saturated rings. The van der Waals surface area contributed by atoms with E-state index in [0.717, 1.165) is 25.7 Å². The van der Waals surface area contributed by atoms with Crippen molar-refractivity contribution in [1.82, 2.24) is 10.1 Å². The zero-order valence-corrected chi connectivity index (χ0v) is 9.96. The maximum atomic E-state index is 5.58. The minimum absolute atomic E-state index is 0.0523. The van der Waals surface area contributed by atoms with Gasteiger partial charge in [0.25, 0.3) is 0 Å². The standard InChI is InChI=1S/C10H17ClN2O2/c1-3-5-8(14-2)10-12-9(15-13-10)6-4-7-11/h8H,3-7H2,1-2H3. The van der Waals surface area contributed by atoms with Crippen LogP contribution >= 0.6 is 11.6 Å². The van der Waals surface area contributed by atoms with Gasteiger partial charge in [-0.25, -0.2) is 0 Å². The molecule has 15 heavy (non-hydrogen) atoms.